The number of rotatable bonds is 7. The van der Waals surface area contributed by atoms with Crippen molar-refractivity contribution in [3.05, 3.63) is 57.9 Å². The summed E-state index contributed by atoms with van der Waals surface area (Å²) in [4.78, 5) is 17.8. The van der Waals surface area contributed by atoms with Crippen molar-refractivity contribution in [2.45, 2.75) is 45.1 Å². The minimum atomic E-state index is -3.59. The molecule has 0 radical (unpaired) electrons. The Kier molecular flexibility index (Phi) is 7.34. The molecule has 3 aromatic rings. The van der Waals surface area contributed by atoms with Gasteiger partial charge < -0.3 is 4.57 Å². The summed E-state index contributed by atoms with van der Waals surface area (Å²) >= 11 is 1.42. The summed E-state index contributed by atoms with van der Waals surface area (Å²) in [6.45, 7) is 6.80. The number of benzene rings is 2. The fourth-order valence-corrected chi connectivity index (χ4v) is 5.73. The largest absolute Gasteiger partial charge is 0.305 e. The number of aromatic nitrogens is 1. The Morgan fingerprint density at radius 3 is 2.53 bits per heavy atom. The SMILES string of the molecule is C#CCn1c(=NC(=O)c2ccc(S(=O)(=O)N(C)CCCC)cc2)sc2c(C)cc(C)cc21. The summed E-state index contributed by atoms with van der Waals surface area (Å²) in [6.07, 6.45) is 7.25. The number of hydrogen-bond acceptors (Lipinski definition) is 4. The number of amides is 1. The number of terminal acetylenes is 1. The summed E-state index contributed by atoms with van der Waals surface area (Å²) < 4.78 is 29.6. The third-order valence-corrected chi connectivity index (χ3v) is 8.30. The molecule has 1 heterocycles. The molecule has 1 aromatic heterocycles. The molecule has 0 atom stereocenters. The van der Waals surface area contributed by atoms with E-state index in [0.717, 1.165) is 34.2 Å². The molecule has 0 fully saturated rings. The third kappa shape index (κ3) is 4.85. The van der Waals surface area contributed by atoms with Crippen LogP contribution in [-0.4, -0.2) is 36.8 Å². The van der Waals surface area contributed by atoms with E-state index < -0.39 is 15.9 Å². The zero-order valence-electron chi connectivity index (χ0n) is 18.8. The lowest BCUT2D eigenvalue weighted by atomic mass is 10.1. The molecule has 0 N–H and O–H groups in total. The molecule has 0 aliphatic rings. The maximum atomic E-state index is 12.9. The van der Waals surface area contributed by atoms with Gasteiger partial charge in [0.2, 0.25) is 10.0 Å². The predicted molar refractivity (Wildman–Crippen MR) is 129 cm³/mol. The highest BCUT2D eigenvalue weighted by molar-refractivity contribution is 7.89. The summed E-state index contributed by atoms with van der Waals surface area (Å²) in [5.41, 5.74) is 3.48. The maximum absolute atomic E-state index is 12.9. The molecule has 3 rings (SSSR count). The lowest BCUT2D eigenvalue weighted by Crippen LogP contribution is -2.27. The van der Waals surface area contributed by atoms with Crippen molar-refractivity contribution in [3.8, 4) is 12.3 Å². The second kappa shape index (κ2) is 9.82. The van der Waals surface area contributed by atoms with Crippen LogP contribution >= 0.6 is 11.3 Å². The summed E-state index contributed by atoms with van der Waals surface area (Å²) in [7, 11) is -2.02. The van der Waals surface area contributed by atoms with E-state index in [9.17, 15) is 13.2 Å². The fraction of sp³-hybridized carbons (Fsp3) is 0.333. The minimum absolute atomic E-state index is 0.156. The van der Waals surface area contributed by atoms with Crippen LogP contribution in [0.1, 0.15) is 41.3 Å². The molecule has 8 heteroatoms. The monoisotopic (exact) mass is 469 g/mol. The van der Waals surface area contributed by atoms with E-state index in [4.69, 9.17) is 6.42 Å². The molecule has 0 unspecified atom stereocenters. The number of unbranched alkanes of at least 4 members (excludes halogenated alkanes) is 1. The van der Waals surface area contributed by atoms with Crippen LogP contribution in [0, 0.1) is 26.2 Å². The standard InChI is InChI=1S/C24H27N3O3S2/c1-6-8-14-26(5)32(29,30)20-11-9-19(10-12-20)23(28)25-24-27(13-7-2)21-16-17(3)15-18(4)22(21)31-24/h2,9-12,15-16H,6,8,13-14H2,1,3-5H3. The smallest absolute Gasteiger partial charge is 0.279 e. The minimum Gasteiger partial charge on any atom is -0.305 e. The van der Waals surface area contributed by atoms with E-state index in [1.54, 1.807) is 7.05 Å². The van der Waals surface area contributed by atoms with Crippen LogP contribution in [0.15, 0.2) is 46.3 Å². The van der Waals surface area contributed by atoms with E-state index >= 15 is 0 Å². The molecule has 32 heavy (non-hydrogen) atoms. The van der Waals surface area contributed by atoms with Gasteiger partial charge in [-0.2, -0.15) is 4.99 Å². The topological polar surface area (TPSA) is 71.7 Å². The number of hydrogen-bond donors (Lipinski definition) is 0. The van der Waals surface area contributed by atoms with Crippen LogP contribution in [-0.2, 0) is 16.6 Å². The summed E-state index contributed by atoms with van der Waals surface area (Å²) in [6, 6.07) is 10.0. The van der Waals surface area contributed by atoms with Crippen molar-refractivity contribution in [1.82, 2.24) is 8.87 Å². The molecular formula is C24H27N3O3S2. The van der Waals surface area contributed by atoms with Gasteiger partial charge in [-0.05, 0) is 61.7 Å². The highest BCUT2D eigenvalue weighted by atomic mass is 32.2. The first-order chi connectivity index (χ1) is 15.2. The zero-order valence-corrected chi connectivity index (χ0v) is 20.4. The molecule has 2 aromatic carbocycles. The molecule has 0 bridgehead atoms. The summed E-state index contributed by atoms with van der Waals surface area (Å²) in [5, 5.41) is 0. The first-order valence-corrected chi connectivity index (χ1v) is 12.6. The molecular weight excluding hydrogens is 442 g/mol. The number of thiazole rings is 1. The van der Waals surface area contributed by atoms with Gasteiger partial charge in [0.05, 0.1) is 21.7 Å². The fourth-order valence-electron chi connectivity index (χ4n) is 3.44. The van der Waals surface area contributed by atoms with E-state index in [1.165, 1.54) is 39.9 Å². The van der Waals surface area contributed by atoms with Crippen LogP contribution in [0.25, 0.3) is 10.2 Å². The Labute approximate surface area is 193 Å². The third-order valence-electron chi connectivity index (χ3n) is 5.20. The van der Waals surface area contributed by atoms with Gasteiger partial charge in [-0.1, -0.05) is 36.7 Å². The second-order valence-electron chi connectivity index (χ2n) is 7.73. The Morgan fingerprint density at radius 1 is 1.22 bits per heavy atom. The van der Waals surface area contributed by atoms with Crippen LogP contribution < -0.4 is 4.80 Å². The number of nitrogens with zero attached hydrogens (tertiary/aromatic N) is 3. The van der Waals surface area contributed by atoms with Crippen molar-refractivity contribution in [2.75, 3.05) is 13.6 Å². The van der Waals surface area contributed by atoms with Gasteiger partial charge >= 0.3 is 0 Å². The zero-order chi connectivity index (χ0) is 23.5. The van der Waals surface area contributed by atoms with Gasteiger partial charge in [-0.3, -0.25) is 4.79 Å². The lowest BCUT2D eigenvalue weighted by molar-refractivity contribution is 0.0998. The molecule has 0 aliphatic carbocycles. The second-order valence-corrected chi connectivity index (χ2v) is 10.7. The van der Waals surface area contributed by atoms with Crippen molar-refractivity contribution in [2.24, 2.45) is 4.99 Å². The molecule has 0 saturated carbocycles. The first kappa shape index (κ1) is 23.9. The summed E-state index contributed by atoms with van der Waals surface area (Å²) in [5.74, 6) is 2.19. The number of aryl methyl sites for hydroxylation is 2. The molecule has 6 nitrogen and oxygen atoms in total. The van der Waals surface area contributed by atoms with Crippen molar-refractivity contribution >= 4 is 37.5 Å². The first-order valence-electron chi connectivity index (χ1n) is 10.4. The van der Waals surface area contributed by atoms with Gasteiger partial charge in [-0.15, -0.1) is 6.42 Å². The van der Waals surface area contributed by atoms with Gasteiger partial charge in [0.15, 0.2) is 4.80 Å². The van der Waals surface area contributed by atoms with E-state index in [2.05, 4.69) is 17.0 Å². The number of fused-ring (bicyclic) bond motifs is 1. The number of carbonyl (C=O) groups excluding carboxylic acids is 1. The average Bonchev–Trinajstić information content (AvgIpc) is 3.09. The van der Waals surface area contributed by atoms with Crippen molar-refractivity contribution in [3.63, 3.8) is 0 Å². The normalized spacial score (nSPS) is 12.4. The Morgan fingerprint density at radius 2 is 1.91 bits per heavy atom. The Hall–Kier alpha value is -2.73. The van der Waals surface area contributed by atoms with E-state index in [-0.39, 0.29) is 4.90 Å². The van der Waals surface area contributed by atoms with E-state index in [1.807, 2.05) is 31.4 Å². The van der Waals surface area contributed by atoms with Gasteiger partial charge in [0.25, 0.3) is 5.91 Å². The molecule has 0 saturated heterocycles. The van der Waals surface area contributed by atoms with Crippen molar-refractivity contribution < 1.29 is 13.2 Å². The highest BCUT2D eigenvalue weighted by Gasteiger charge is 2.20. The maximum Gasteiger partial charge on any atom is 0.279 e. The van der Waals surface area contributed by atoms with Gasteiger partial charge in [0.1, 0.15) is 0 Å². The number of sulfonamides is 1. The van der Waals surface area contributed by atoms with Crippen LogP contribution in [0.3, 0.4) is 0 Å². The van der Waals surface area contributed by atoms with Gasteiger partial charge in [-0.25, -0.2) is 12.7 Å². The average molecular weight is 470 g/mol. The van der Waals surface area contributed by atoms with E-state index in [0.29, 0.717) is 23.5 Å². The van der Waals surface area contributed by atoms with Crippen LogP contribution in [0.4, 0.5) is 0 Å². The molecule has 168 valence electrons. The quantitative estimate of drug-likeness (QED) is 0.489. The van der Waals surface area contributed by atoms with Gasteiger partial charge in [0, 0.05) is 19.2 Å². The Bertz CT molecular complexity index is 1360. The Balaban J connectivity index is 1.97. The lowest BCUT2D eigenvalue weighted by Gasteiger charge is -2.16. The van der Waals surface area contributed by atoms with Crippen LogP contribution in [0.5, 0.6) is 0 Å². The number of carbonyl (C=O) groups is 1. The molecule has 0 aliphatic heterocycles. The predicted octanol–water partition coefficient (Wildman–Crippen LogP) is 4.11. The van der Waals surface area contributed by atoms with Crippen molar-refractivity contribution in [1.29, 1.82) is 0 Å². The molecule has 0 spiro atoms. The van der Waals surface area contributed by atoms with Crippen LogP contribution in [0.2, 0.25) is 0 Å². The highest BCUT2D eigenvalue weighted by Crippen LogP contribution is 2.23. The molecule has 1 amide bonds.